The van der Waals surface area contributed by atoms with Crippen LogP contribution in [0.5, 0.6) is 0 Å². The highest BCUT2D eigenvalue weighted by molar-refractivity contribution is 5.58. The van der Waals surface area contributed by atoms with E-state index in [9.17, 15) is 4.39 Å². The molecule has 0 aliphatic heterocycles. The van der Waals surface area contributed by atoms with Gasteiger partial charge < -0.3 is 10.6 Å². The van der Waals surface area contributed by atoms with Crippen molar-refractivity contribution in [1.82, 2.24) is 20.0 Å². The molecule has 0 spiro atoms. The lowest BCUT2D eigenvalue weighted by atomic mass is 10.3. The predicted molar refractivity (Wildman–Crippen MR) is 96.5 cm³/mol. The molecule has 1 heterocycles. The SMILES string of the molecule is CN(C)Nc1nc(Nc2ccccc2)nc(Nc2ccc(F)cc2)n1. The van der Waals surface area contributed by atoms with Gasteiger partial charge in [0.2, 0.25) is 17.8 Å². The zero-order chi connectivity index (χ0) is 17.6. The second kappa shape index (κ2) is 7.54. The summed E-state index contributed by atoms with van der Waals surface area (Å²) in [4.78, 5) is 13.0. The van der Waals surface area contributed by atoms with Crippen LogP contribution in [0.4, 0.5) is 33.6 Å². The van der Waals surface area contributed by atoms with Gasteiger partial charge in [0.15, 0.2) is 0 Å². The largest absolute Gasteiger partial charge is 0.324 e. The van der Waals surface area contributed by atoms with Crippen LogP contribution in [0, 0.1) is 5.82 Å². The fraction of sp³-hybridized carbons (Fsp3) is 0.118. The quantitative estimate of drug-likeness (QED) is 0.594. The van der Waals surface area contributed by atoms with Crippen LogP contribution < -0.4 is 16.1 Å². The maximum absolute atomic E-state index is 13.0. The summed E-state index contributed by atoms with van der Waals surface area (Å²) < 4.78 is 13.0. The fourth-order valence-corrected chi connectivity index (χ4v) is 2.05. The van der Waals surface area contributed by atoms with E-state index in [2.05, 4.69) is 31.0 Å². The summed E-state index contributed by atoms with van der Waals surface area (Å²) in [6.45, 7) is 0. The van der Waals surface area contributed by atoms with Crippen LogP contribution in [0.25, 0.3) is 0 Å². The molecule has 2 aromatic carbocycles. The molecule has 3 N–H and O–H groups in total. The first-order valence-corrected chi connectivity index (χ1v) is 7.63. The molecule has 0 radical (unpaired) electrons. The minimum atomic E-state index is -0.303. The zero-order valence-electron chi connectivity index (χ0n) is 13.9. The molecular formula is C17H18FN7. The smallest absolute Gasteiger partial charge is 0.244 e. The van der Waals surface area contributed by atoms with Crippen LogP contribution in [0.3, 0.4) is 0 Å². The summed E-state index contributed by atoms with van der Waals surface area (Å²) in [5.74, 6) is 0.796. The van der Waals surface area contributed by atoms with Gasteiger partial charge in [-0.15, -0.1) is 0 Å². The van der Waals surface area contributed by atoms with Crippen LogP contribution in [0.2, 0.25) is 0 Å². The number of nitrogens with zero attached hydrogens (tertiary/aromatic N) is 4. The normalized spacial score (nSPS) is 10.6. The van der Waals surface area contributed by atoms with Gasteiger partial charge in [0.25, 0.3) is 0 Å². The van der Waals surface area contributed by atoms with E-state index in [1.54, 1.807) is 17.1 Å². The molecule has 25 heavy (non-hydrogen) atoms. The third-order valence-corrected chi connectivity index (χ3v) is 3.09. The minimum Gasteiger partial charge on any atom is -0.324 e. The van der Waals surface area contributed by atoms with Gasteiger partial charge in [-0.25, -0.2) is 9.40 Å². The Balaban J connectivity index is 1.87. The van der Waals surface area contributed by atoms with Crippen molar-refractivity contribution in [3.05, 3.63) is 60.4 Å². The van der Waals surface area contributed by atoms with Crippen molar-refractivity contribution in [2.24, 2.45) is 0 Å². The number of hydrazine groups is 1. The third-order valence-electron chi connectivity index (χ3n) is 3.09. The Hall–Kier alpha value is -3.26. The molecule has 0 saturated heterocycles. The number of aromatic nitrogens is 3. The maximum atomic E-state index is 13.0. The number of benzene rings is 2. The Bertz CT molecular complexity index is 822. The van der Waals surface area contributed by atoms with Crippen molar-refractivity contribution in [1.29, 1.82) is 0 Å². The van der Waals surface area contributed by atoms with E-state index < -0.39 is 0 Å². The maximum Gasteiger partial charge on any atom is 0.244 e. The summed E-state index contributed by atoms with van der Waals surface area (Å²) in [6, 6.07) is 15.5. The van der Waals surface area contributed by atoms with Crippen LogP contribution in [0.15, 0.2) is 54.6 Å². The van der Waals surface area contributed by atoms with Crippen molar-refractivity contribution >= 4 is 29.2 Å². The Morgan fingerprint density at radius 1 is 0.720 bits per heavy atom. The van der Waals surface area contributed by atoms with Crippen LogP contribution in [0.1, 0.15) is 0 Å². The summed E-state index contributed by atoms with van der Waals surface area (Å²) in [5.41, 5.74) is 4.53. The highest BCUT2D eigenvalue weighted by Crippen LogP contribution is 2.18. The lowest BCUT2D eigenvalue weighted by molar-refractivity contribution is 0.489. The first kappa shape index (κ1) is 16.6. The molecule has 0 aliphatic carbocycles. The van der Waals surface area contributed by atoms with Crippen LogP contribution in [-0.4, -0.2) is 34.1 Å². The van der Waals surface area contributed by atoms with Gasteiger partial charge in [-0.05, 0) is 36.4 Å². The number of anilines is 5. The van der Waals surface area contributed by atoms with Crippen molar-refractivity contribution in [3.8, 4) is 0 Å². The highest BCUT2D eigenvalue weighted by Gasteiger charge is 2.08. The van der Waals surface area contributed by atoms with Gasteiger partial charge in [-0.2, -0.15) is 15.0 Å². The molecule has 128 valence electrons. The second-order valence-corrected chi connectivity index (χ2v) is 5.44. The van der Waals surface area contributed by atoms with Crippen molar-refractivity contribution < 1.29 is 4.39 Å². The molecule has 0 saturated carbocycles. The molecule has 0 bridgehead atoms. The zero-order valence-corrected chi connectivity index (χ0v) is 13.9. The third kappa shape index (κ3) is 4.85. The van der Waals surface area contributed by atoms with Gasteiger partial charge in [0, 0.05) is 25.5 Å². The van der Waals surface area contributed by atoms with Crippen molar-refractivity contribution in [3.63, 3.8) is 0 Å². The highest BCUT2D eigenvalue weighted by atomic mass is 19.1. The van der Waals surface area contributed by atoms with E-state index in [1.165, 1.54) is 12.1 Å². The monoisotopic (exact) mass is 339 g/mol. The molecule has 0 amide bonds. The first-order valence-electron chi connectivity index (χ1n) is 7.63. The molecule has 1 aromatic heterocycles. The number of nitrogens with one attached hydrogen (secondary N) is 3. The van der Waals surface area contributed by atoms with Gasteiger partial charge in [-0.3, -0.25) is 5.43 Å². The first-order chi connectivity index (χ1) is 12.1. The molecule has 8 heteroatoms. The van der Waals surface area contributed by atoms with Gasteiger partial charge >= 0.3 is 0 Å². The summed E-state index contributed by atoms with van der Waals surface area (Å²) in [6.07, 6.45) is 0. The van der Waals surface area contributed by atoms with Gasteiger partial charge in [0.05, 0.1) is 0 Å². The summed E-state index contributed by atoms with van der Waals surface area (Å²) in [5, 5.41) is 7.90. The topological polar surface area (TPSA) is 78.0 Å². The average Bonchev–Trinajstić information content (AvgIpc) is 2.57. The summed E-state index contributed by atoms with van der Waals surface area (Å²) in [7, 11) is 3.67. The van der Waals surface area contributed by atoms with Crippen LogP contribution >= 0.6 is 0 Å². The lowest BCUT2D eigenvalue weighted by Gasteiger charge is -2.14. The number of para-hydroxylation sites is 1. The molecule has 0 atom stereocenters. The Morgan fingerprint density at radius 2 is 1.24 bits per heavy atom. The molecule has 0 unspecified atom stereocenters. The van der Waals surface area contributed by atoms with E-state index in [-0.39, 0.29) is 5.82 Å². The van der Waals surface area contributed by atoms with Gasteiger partial charge in [0.1, 0.15) is 5.82 Å². The minimum absolute atomic E-state index is 0.303. The molecule has 3 rings (SSSR count). The van der Waals surface area contributed by atoms with E-state index in [0.29, 0.717) is 23.5 Å². The number of hydrogen-bond acceptors (Lipinski definition) is 7. The lowest BCUT2D eigenvalue weighted by Crippen LogP contribution is -2.22. The van der Waals surface area contributed by atoms with Crippen molar-refractivity contribution in [2.75, 3.05) is 30.2 Å². The van der Waals surface area contributed by atoms with Crippen LogP contribution in [-0.2, 0) is 0 Å². The molecular weight excluding hydrogens is 321 g/mol. The fourth-order valence-electron chi connectivity index (χ4n) is 2.05. The van der Waals surface area contributed by atoms with Crippen molar-refractivity contribution in [2.45, 2.75) is 0 Å². The molecule has 3 aromatic rings. The second-order valence-electron chi connectivity index (χ2n) is 5.44. The molecule has 0 aliphatic rings. The Kier molecular flexibility index (Phi) is 5.00. The molecule has 7 nitrogen and oxygen atoms in total. The average molecular weight is 339 g/mol. The number of halogens is 1. The summed E-state index contributed by atoms with van der Waals surface area (Å²) >= 11 is 0. The van der Waals surface area contributed by atoms with E-state index >= 15 is 0 Å². The molecule has 0 fully saturated rings. The van der Waals surface area contributed by atoms with E-state index in [1.807, 2.05) is 44.4 Å². The Labute approximate surface area is 144 Å². The predicted octanol–water partition coefficient (Wildman–Crippen LogP) is 3.39. The number of hydrogen-bond donors (Lipinski definition) is 3. The number of rotatable bonds is 6. The van der Waals surface area contributed by atoms with Gasteiger partial charge in [-0.1, -0.05) is 18.2 Å². The Morgan fingerprint density at radius 3 is 1.80 bits per heavy atom. The van der Waals surface area contributed by atoms with E-state index in [4.69, 9.17) is 0 Å². The van der Waals surface area contributed by atoms with E-state index in [0.717, 1.165) is 5.69 Å². The standard InChI is InChI=1S/C17H18FN7/c1-25(2)24-17-22-15(19-13-6-4-3-5-7-13)21-16(23-17)20-14-10-8-12(18)9-11-14/h3-11H,1-2H3,(H3,19,20,21,22,23,24).